The van der Waals surface area contributed by atoms with Crippen molar-refractivity contribution in [2.45, 2.75) is 52.8 Å². The van der Waals surface area contributed by atoms with E-state index in [0.29, 0.717) is 5.75 Å². The van der Waals surface area contributed by atoms with E-state index in [1.54, 1.807) is 14.2 Å². The molecule has 2 rings (SSSR count). The summed E-state index contributed by atoms with van der Waals surface area (Å²) < 4.78 is 28.4. The lowest BCUT2D eigenvalue weighted by molar-refractivity contribution is 0.0461. The second kappa shape index (κ2) is 12.2. The van der Waals surface area contributed by atoms with Crippen LogP contribution in [0.25, 0.3) is 11.1 Å². The monoisotopic (exact) mass is 445 g/mol. The fourth-order valence-corrected chi connectivity index (χ4v) is 4.50. The van der Waals surface area contributed by atoms with Crippen molar-refractivity contribution in [1.82, 2.24) is 0 Å². The van der Waals surface area contributed by atoms with Crippen molar-refractivity contribution in [3.63, 3.8) is 0 Å². The van der Waals surface area contributed by atoms with Crippen molar-refractivity contribution in [2.75, 3.05) is 27.8 Å². The lowest BCUT2D eigenvalue weighted by Crippen LogP contribution is -2.33. The summed E-state index contributed by atoms with van der Waals surface area (Å²) in [5.41, 5.74) is 3.39. The Kier molecular flexibility index (Phi) is 10.0. The molecular formula is C25H37O5Si. The summed E-state index contributed by atoms with van der Waals surface area (Å²) >= 11 is 0. The van der Waals surface area contributed by atoms with E-state index in [9.17, 15) is 0 Å². The topological polar surface area (TPSA) is 46.2 Å². The fourth-order valence-electron chi connectivity index (χ4n) is 3.46. The summed E-state index contributed by atoms with van der Waals surface area (Å²) in [6.07, 6.45) is 1.93. The fraction of sp³-hybridized carbons (Fsp3) is 0.520. The van der Waals surface area contributed by atoms with E-state index >= 15 is 0 Å². The van der Waals surface area contributed by atoms with Crippen LogP contribution in [0, 0.1) is 5.41 Å². The molecule has 0 aliphatic rings. The first kappa shape index (κ1) is 25.4. The van der Waals surface area contributed by atoms with E-state index in [4.69, 9.17) is 23.4 Å². The van der Waals surface area contributed by atoms with Gasteiger partial charge in [-0.05, 0) is 48.5 Å². The predicted molar refractivity (Wildman–Crippen MR) is 127 cm³/mol. The van der Waals surface area contributed by atoms with Gasteiger partial charge in [-0.25, -0.2) is 0 Å². The van der Waals surface area contributed by atoms with Crippen LogP contribution < -0.4 is 9.47 Å². The average molecular weight is 446 g/mol. The van der Waals surface area contributed by atoms with Gasteiger partial charge in [0.15, 0.2) is 13.6 Å². The molecule has 0 spiro atoms. The summed E-state index contributed by atoms with van der Waals surface area (Å²) in [5.74, 6) is 1.45. The molecule has 2 aromatic carbocycles. The van der Waals surface area contributed by atoms with Crippen LogP contribution in [0.5, 0.6) is 11.5 Å². The zero-order valence-corrected chi connectivity index (χ0v) is 21.0. The standard InChI is InChI=1S/C25H37O5Si/c1-25(2,3)23(30-31(6)7)14-13-20-15-21(28-17-26-4)16-22(29-18-27-5)24(20)19-11-9-8-10-12-19/h8-12,15-16,23H,13-14,17-18H2,1-7H3. The quantitative estimate of drug-likeness (QED) is 0.299. The Morgan fingerprint density at radius 3 is 2.13 bits per heavy atom. The third-order valence-corrected chi connectivity index (χ3v) is 5.67. The molecule has 2 aromatic rings. The summed E-state index contributed by atoms with van der Waals surface area (Å²) in [6, 6.07) is 14.3. The van der Waals surface area contributed by atoms with Gasteiger partial charge in [0.25, 0.3) is 0 Å². The summed E-state index contributed by atoms with van der Waals surface area (Å²) in [7, 11) is 2.43. The number of rotatable bonds is 12. The van der Waals surface area contributed by atoms with Crippen molar-refractivity contribution in [3.8, 4) is 22.6 Å². The molecule has 0 aliphatic heterocycles. The third-order valence-electron chi connectivity index (χ3n) is 4.92. The van der Waals surface area contributed by atoms with Gasteiger partial charge in [-0.15, -0.1) is 0 Å². The summed E-state index contributed by atoms with van der Waals surface area (Å²) in [4.78, 5) is 0. The van der Waals surface area contributed by atoms with Gasteiger partial charge in [-0.1, -0.05) is 51.1 Å². The van der Waals surface area contributed by atoms with Crippen LogP contribution in [-0.4, -0.2) is 42.9 Å². The molecule has 31 heavy (non-hydrogen) atoms. The SMILES string of the molecule is COCOc1cc(CCC(O[Si](C)C)C(C)(C)C)c(-c2ccccc2)c(OCOC)c1. The molecule has 1 atom stereocenters. The van der Waals surface area contributed by atoms with E-state index < -0.39 is 9.04 Å². The predicted octanol–water partition coefficient (Wildman–Crippen LogP) is 5.93. The number of ether oxygens (including phenoxy) is 4. The van der Waals surface area contributed by atoms with Crippen LogP contribution in [0.4, 0.5) is 0 Å². The maximum atomic E-state index is 6.37. The van der Waals surface area contributed by atoms with E-state index in [1.807, 2.05) is 24.3 Å². The number of hydrogen-bond donors (Lipinski definition) is 0. The van der Waals surface area contributed by atoms with E-state index in [1.165, 1.54) is 0 Å². The minimum atomic E-state index is -0.803. The van der Waals surface area contributed by atoms with Gasteiger partial charge in [0.2, 0.25) is 9.04 Å². The van der Waals surface area contributed by atoms with Gasteiger partial charge in [-0.3, -0.25) is 0 Å². The van der Waals surface area contributed by atoms with Crippen LogP contribution in [0.2, 0.25) is 13.1 Å². The van der Waals surface area contributed by atoms with Gasteiger partial charge in [0, 0.05) is 25.8 Å². The van der Waals surface area contributed by atoms with Gasteiger partial charge in [0.05, 0.1) is 6.10 Å². The Morgan fingerprint density at radius 2 is 1.55 bits per heavy atom. The highest BCUT2D eigenvalue weighted by atomic mass is 28.3. The highest BCUT2D eigenvalue weighted by Crippen LogP contribution is 2.39. The minimum absolute atomic E-state index is 0.0639. The summed E-state index contributed by atoms with van der Waals surface area (Å²) in [6.45, 7) is 11.4. The van der Waals surface area contributed by atoms with Crippen molar-refractivity contribution < 1.29 is 23.4 Å². The molecule has 1 radical (unpaired) electrons. The van der Waals surface area contributed by atoms with Crippen molar-refractivity contribution >= 4 is 9.04 Å². The molecular weight excluding hydrogens is 408 g/mol. The highest BCUT2D eigenvalue weighted by Gasteiger charge is 2.27. The van der Waals surface area contributed by atoms with Gasteiger partial charge in [-0.2, -0.15) is 0 Å². The van der Waals surface area contributed by atoms with Crippen molar-refractivity contribution in [2.24, 2.45) is 5.41 Å². The molecule has 0 aliphatic carbocycles. The first-order valence-electron chi connectivity index (χ1n) is 10.7. The molecule has 6 heteroatoms. The zero-order valence-electron chi connectivity index (χ0n) is 20.0. The average Bonchev–Trinajstić information content (AvgIpc) is 2.73. The Morgan fingerprint density at radius 1 is 0.903 bits per heavy atom. The highest BCUT2D eigenvalue weighted by molar-refractivity contribution is 6.48. The molecule has 0 fully saturated rings. The molecule has 0 heterocycles. The Hall–Kier alpha value is -1.86. The molecule has 5 nitrogen and oxygen atoms in total. The molecule has 0 amide bonds. The Bertz CT molecular complexity index is 786. The molecule has 0 saturated heterocycles. The zero-order chi connectivity index (χ0) is 22.9. The van der Waals surface area contributed by atoms with Crippen LogP contribution in [-0.2, 0) is 20.3 Å². The normalized spacial score (nSPS) is 12.8. The second-order valence-corrected chi connectivity index (χ2v) is 10.9. The molecule has 0 saturated carbocycles. The second-order valence-electron chi connectivity index (χ2n) is 8.84. The smallest absolute Gasteiger partial charge is 0.205 e. The lowest BCUT2D eigenvalue weighted by atomic mass is 9.84. The van der Waals surface area contributed by atoms with E-state index in [-0.39, 0.29) is 25.1 Å². The van der Waals surface area contributed by atoms with Gasteiger partial charge < -0.3 is 23.4 Å². The van der Waals surface area contributed by atoms with Crippen molar-refractivity contribution in [1.29, 1.82) is 0 Å². The van der Waals surface area contributed by atoms with Crippen LogP contribution in [0.1, 0.15) is 32.8 Å². The largest absolute Gasteiger partial charge is 0.467 e. The molecule has 171 valence electrons. The number of aryl methyl sites for hydroxylation is 1. The van der Waals surface area contributed by atoms with E-state index in [2.05, 4.69) is 52.1 Å². The van der Waals surface area contributed by atoms with Crippen LogP contribution in [0.15, 0.2) is 42.5 Å². The van der Waals surface area contributed by atoms with E-state index in [0.717, 1.165) is 35.3 Å². The van der Waals surface area contributed by atoms with Crippen LogP contribution in [0.3, 0.4) is 0 Å². The maximum Gasteiger partial charge on any atom is 0.205 e. The third kappa shape index (κ3) is 7.96. The van der Waals surface area contributed by atoms with Gasteiger partial charge >= 0.3 is 0 Å². The summed E-state index contributed by atoms with van der Waals surface area (Å²) in [5, 5.41) is 0. The molecule has 0 bridgehead atoms. The molecule has 0 aromatic heterocycles. The first-order chi connectivity index (χ1) is 14.8. The van der Waals surface area contributed by atoms with Gasteiger partial charge in [0.1, 0.15) is 11.5 Å². The first-order valence-corrected chi connectivity index (χ1v) is 13.1. The number of hydrogen-bond acceptors (Lipinski definition) is 5. The molecule has 0 N–H and O–H groups in total. The number of methoxy groups -OCH3 is 2. The van der Waals surface area contributed by atoms with Crippen molar-refractivity contribution in [3.05, 3.63) is 48.0 Å². The minimum Gasteiger partial charge on any atom is -0.467 e. The maximum absolute atomic E-state index is 6.37. The lowest BCUT2D eigenvalue weighted by Gasteiger charge is -2.33. The molecule has 1 unspecified atom stereocenters. The number of benzene rings is 2. The Labute approximate surface area is 189 Å². The van der Waals surface area contributed by atoms with Crippen LogP contribution >= 0.6 is 0 Å². The Balaban J connectivity index is 2.47.